The number of halogens is 1. The molecular formula is C20H24ClN3O3. The highest BCUT2D eigenvalue weighted by molar-refractivity contribution is 6.30. The number of likely N-dealkylation sites (tertiary alicyclic amines) is 1. The molecule has 0 radical (unpaired) electrons. The number of piperidine rings is 1. The topological polar surface area (TPSA) is 64.4 Å². The minimum Gasteiger partial charge on any atom is -0.455 e. The molecule has 144 valence electrons. The number of rotatable bonds is 5. The van der Waals surface area contributed by atoms with Crippen molar-refractivity contribution in [3.05, 3.63) is 46.2 Å². The van der Waals surface area contributed by atoms with E-state index in [1.807, 2.05) is 26.0 Å². The zero-order valence-corrected chi connectivity index (χ0v) is 16.5. The van der Waals surface area contributed by atoms with Gasteiger partial charge in [0.15, 0.2) is 6.61 Å². The summed E-state index contributed by atoms with van der Waals surface area (Å²) in [5.74, 6) is -0.532. The predicted molar refractivity (Wildman–Crippen MR) is 103 cm³/mol. The molecule has 1 saturated heterocycles. The molecule has 1 aromatic heterocycles. The number of esters is 1. The Morgan fingerprint density at radius 3 is 2.44 bits per heavy atom. The molecule has 1 aliphatic heterocycles. The van der Waals surface area contributed by atoms with E-state index in [1.165, 1.54) is 0 Å². The Bertz CT molecular complexity index is 824. The van der Waals surface area contributed by atoms with Crippen LogP contribution in [0.25, 0.3) is 5.69 Å². The Morgan fingerprint density at radius 1 is 1.11 bits per heavy atom. The number of aryl methyl sites for hydroxylation is 1. The lowest BCUT2D eigenvalue weighted by Crippen LogP contribution is -2.38. The third-order valence-corrected chi connectivity index (χ3v) is 5.15. The van der Waals surface area contributed by atoms with Gasteiger partial charge in [-0.05, 0) is 57.4 Å². The van der Waals surface area contributed by atoms with Crippen LogP contribution in [0.1, 0.15) is 36.2 Å². The van der Waals surface area contributed by atoms with Gasteiger partial charge < -0.3 is 9.64 Å². The van der Waals surface area contributed by atoms with Crippen molar-refractivity contribution >= 4 is 23.5 Å². The van der Waals surface area contributed by atoms with Crippen LogP contribution in [-0.2, 0) is 20.7 Å². The summed E-state index contributed by atoms with van der Waals surface area (Å²) in [5.41, 5.74) is 3.33. The van der Waals surface area contributed by atoms with E-state index in [1.54, 1.807) is 21.7 Å². The van der Waals surface area contributed by atoms with Crippen LogP contribution in [0.5, 0.6) is 0 Å². The molecule has 1 aliphatic rings. The van der Waals surface area contributed by atoms with Gasteiger partial charge in [0.2, 0.25) is 0 Å². The third kappa shape index (κ3) is 4.69. The van der Waals surface area contributed by atoms with Gasteiger partial charge in [-0.3, -0.25) is 9.59 Å². The van der Waals surface area contributed by atoms with E-state index < -0.39 is 5.97 Å². The number of nitrogens with zero attached hydrogens (tertiary/aromatic N) is 3. The standard InChI is InChI=1S/C20H24ClN3O3/c1-14-18(15(2)24(22-14)17-8-6-16(21)7-9-17)12-20(26)27-13-19(25)23-10-4-3-5-11-23/h6-9H,3-5,10-13H2,1-2H3. The van der Waals surface area contributed by atoms with Crippen LogP contribution in [0, 0.1) is 13.8 Å². The van der Waals surface area contributed by atoms with E-state index in [4.69, 9.17) is 16.3 Å². The zero-order chi connectivity index (χ0) is 19.4. The maximum atomic E-state index is 12.2. The molecule has 0 saturated carbocycles. The molecule has 0 bridgehead atoms. The van der Waals surface area contributed by atoms with E-state index in [0.29, 0.717) is 5.02 Å². The van der Waals surface area contributed by atoms with Crippen molar-refractivity contribution in [3.8, 4) is 5.69 Å². The lowest BCUT2D eigenvalue weighted by molar-refractivity contribution is -0.151. The van der Waals surface area contributed by atoms with Gasteiger partial charge in [-0.25, -0.2) is 4.68 Å². The number of carbonyl (C=O) groups excluding carboxylic acids is 2. The first-order chi connectivity index (χ1) is 13.0. The first kappa shape index (κ1) is 19.4. The second-order valence-corrected chi connectivity index (χ2v) is 7.25. The SMILES string of the molecule is Cc1nn(-c2ccc(Cl)cc2)c(C)c1CC(=O)OCC(=O)N1CCCCC1. The molecule has 7 heteroatoms. The first-order valence-electron chi connectivity index (χ1n) is 9.20. The van der Waals surface area contributed by atoms with E-state index in [-0.39, 0.29) is 18.9 Å². The summed E-state index contributed by atoms with van der Waals surface area (Å²) < 4.78 is 7.00. The van der Waals surface area contributed by atoms with Crippen LogP contribution in [0.15, 0.2) is 24.3 Å². The highest BCUT2D eigenvalue weighted by Crippen LogP contribution is 2.20. The van der Waals surface area contributed by atoms with Gasteiger partial charge in [-0.1, -0.05) is 11.6 Å². The predicted octanol–water partition coefficient (Wildman–Crippen LogP) is 3.24. The van der Waals surface area contributed by atoms with Crippen molar-refractivity contribution < 1.29 is 14.3 Å². The molecule has 2 heterocycles. The quantitative estimate of drug-likeness (QED) is 0.736. The Hall–Kier alpha value is -2.34. The smallest absolute Gasteiger partial charge is 0.310 e. The average molecular weight is 390 g/mol. The summed E-state index contributed by atoms with van der Waals surface area (Å²) in [5, 5.41) is 5.18. The fourth-order valence-electron chi connectivity index (χ4n) is 3.34. The van der Waals surface area contributed by atoms with Gasteiger partial charge in [0.1, 0.15) is 0 Å². The van der Waals surface area contributed by atoms with E-state index >= 15 is 0 Å². The lowest BCUT2D eigenvalue weighted by Gasteiger charge is -2.26. The molecule has 0 unspecified atom stereocenters. The molecule has 3 rings (SSSR count). The fourth-order valence-corrected chi connectivity index (χ4v) is 3.46. The summed E-state index contributed by atoms with van der Waals surface area (Å²) in [6.07, 6.45) is 3.28. The van der Waals surface area contributed by atoms with Crippen LogP contribution < -0.4 is 0 Å². The summed E-state index contributed by atoms with van der Waals surface area (Å²) in [7, 11) is 0. The van der Waals surface area contributed by atoms with E-state index in [0.717, 1.165) is 55.0 Å². The minimum absolute atomic E-state index is 0.0958. The number of ether oxygens (including phenoxy) is 1. The summed E-state index contributed by atoms with van der Waals surface area (Å²) >= 11 is 5.94. The van der Waals surface area contributed by atoms with Crippen molar-refractivity contribution in [2.75, 3.05) is 19.7 Å². The summed E-state index contributed by atoms with van der Waals surface area (Å²) in [6.45, 7) is 5.09. The molecule has 2 aromatic rings. The van der Waals surface area contributed by atoms with Crippen LogP contribution in [-0.4, -0.2) is 46.3 Å². The molecule has 6 nitrogen and oxygen atoms in total. The molecule has 1 fully saturated rings. The van der Waals surface area contributed by atoms with Gasteiger partial charge in [0.25, 0.3) is 5.91 Å². The highest BCUT2D eigenvalue weighted by atomic mass is 35.5. The molecule has 0 spiro atoms. The first-order valence-corrected chi connectivity index (χ1v) is 9.58. The van der Waals surface area contributed by atoms with Crippen molar-refractivity contribution in [3.63, 3.8) is 0 Å². The van der Waals surface area contributed by atoms with Crippen molar-refractivity contribution in [2.45, 2.75) is 39.5 Å². The van der Waals surface area contributed by atoms with Gasteiger partial charge >= 0.3 is 5.97 Å². The van der Waals surface area contributed by atoms with E-state index in [2.05, 4.69) is 5.10 Å². The molecule has 0 atom stereocenters. The van der Waals surface area contributed by atoms with Gasteiger partial charge in [-0.15, -0.1) is 0 Å². The molecule has 0 aliphatic carbocycles. The lowest BCUT2D eigenvalue weighted by atomic mass is 10.1. The number of hydrogen-bond acceptors (Lipinski definition) is 4. The van der Waals surface area contributed by atoms with Crippen molar-refractivity contribution in [1.82, 2.24) is 14.7 Å². The molecule has 27 heavy (non-hydrogen) atoms. The Kier molecular flexibility index (Phi) is 6.16. The monoisotopic (exact) mass is 389 g/mol. The van der Waals surface area contributed by atoms with E-state index in [9.17, 15) is 9.59 Å². The number of benzene rings is 1. The van der Waals surface area contributed by atoms with Crippen LogP contribution in [0.2, 0.25) is 5.02 Å². The Balaban J connectivity index is 1.62. The number of hydrogen-bond donors (Lipinski definition) is 0. The minimum atomic E-state index is -0.415. The fraction of sp³-hybridized carbons (Fsp3) is 0.450. The molecule has 0 N–H and O–H groups in total. The maximum Gasteiger partial charge on any atom is 0.310 e. The summed E-state index contributed by atoms with van der Waals surface area (Å²) in [4.78, 5) is 26.1. The normalized spacial score (nSPS) is 14.3. The average Bonchev–Trinajstić information content (AvgIpc) is 2.95. The Labute approximate surface area is 164 Å². The summed E-state index contributed by atoms with van der Waals surface area (Å²) in [6, 6.07) is 7.35. The maximum absolute atomic E-state index is 12.2. The van der Waals surface area contributed by atoms with Crippen LogP contribution >= 0.6 is 11.6 Å². The number of amides is 1. The van der Waals surface area contributed by atoms with Gasteiger partial charge in [0, 0.05) is 29.4 Å². The third-order valence-electron chi connectivity index (χ3n) is 4.90. The van der Waals surface area contributed by atoms with Crippen molar-refractivity contribution in [2.24, 2.45) is 0 Å². The van der Waals surface area contributed by atoms with Crippen LogP contribution in [0.4, 0.5) is 0 Å². The van der Waals surface area contributed by atoms with Gasteiger partial charge in [0.05, 0.1) is 17.8 Å². The molecular weight excluding hydrogens is 366 g/mol. The molecule has 1 amide bonds. The highest BCUT2D eigenvalue weighted by Gasteiger charge is 2.20. The molecule has 1 aromatic carbocycles. The number of aromatic nitrogens is 2. The largest absolute Gasteiger partial charge is 0.455 e. The van der Waals surface area contributed by atoms with Gasteiger partial charge in [-0.2, -0.15) is 5.10 Å². The second-order valence-electron chi connectivity index (χ2n) is 6.82. The second kappa shape index (κ2) is 8.57. The van der Waals surface area contributed by atoms with Crippen LogP contribution in [0.3, 0.4) is 0 Å². The van der Waals surface area contributed by atoms with Crippen molar-refractivity contribution in [1.29, 1.82) is 0 Å². The Morgan fingerprint density at radius 2 is 1.78 bits per heavy atom. The number of carbonyl (C=O) groups is 2. The zero-order valence-electron chi connectivity index (χ0n) is 15.7.